The second kappa shape index (κ2) is 33.0. The SMILES string of the molecule is CC1(C)c2ccccc2-c2ccc(N(c3ccc(-c4ccccc4)cc3)c3ccc(-n4c5ccc6ccccc6c5c5c6ccccc6c6ccccc6c54)cc3)cc21.c1cc(-n2c3ccccc3c3ccccc32)cc(-n2c3ccc4ccccc4c3c3c4ccccc4c4ccccc4c32)c1.c1ccc2c(c1)ccc1c2c2c3ccccc3c3ccccc3c2n1-c1ccc(-n2c3ccccc3c3ccccc32)cc1. The van der Waals surface area contributed by atoms with Gasteiger partial charge in [0.1, 0.15) is 0 Å². The maximum Gasteiger partial charge on any atom is 0.0626 e. The minimum Gasteiger partial charge on any atom is -0.310 e. The summed E-state index contributed by atoms with van der Waals surface area (Å²) in [5.41, 5.74) is 29.1. The van der Waals surface area contributed by atoms with Gasteiger partial charge < -0.3 is 27.7 Å². The van der Waals surface area contributed by atoms with Crippen molar-refractivity contribution < 1.29 is 0 Å². The van der Waals surface area contributed by atoms with Gasteiger partial charge in [0.05, 0.1) is 55.2 Å². The van der Waals surface area contributed by atoms with Crippen LogP contribution in [0.25, 0.3) is 257 Å². The van der Waals surface area contributed by atoms with Crippen LogP contribution < -0.4 is 4.90 Å². The van der Waals surface area contributed by atoms with E-state index in [2.05, 4.69) is 563 Å². The van der Waals surface area contributed by atoms with Gasteiger partial charge in [-0.15, -0.1) is 0 Å². The smallest absolute Gasteiger partial charge is 0.0626 e. The molecule has 26 aromatic carbocycles. The second-order valence-electron chi connectivity index (χ2n) is 39.9. The first kappa shape index (κ1) is 83.6. The lowest BCUT2D eigenvalue weighted by Crippen LogP contribution is -2.16. The van der Waals surface area contributed by atoms with Crippen LogP contribution >= 0.6 is 0 Å². The van der Waals surface area contributed by atoms with Crippen LogP contribution in [-0.4, -0.2) is 22.8 Å². The lowest BCUT2D eigenvalue weighted by Gasteiger charge is -2.28. The quantitative estimate of drug-likeness (QED) is 0.132. The molecule has 0 saturated carbocycles. The molecule has 147 heavy (non-hydrogen) atoms. The third kappa shape index (κ3) is 12.7. The Labute approximate surface area is 847 Å². The van der Waals surface area contributed by atoms with Gasteiger partial charge in [-0.1, -0.05) is 402 Å². The lowest BCUT2D eigenvalue weighted by molar-refractivity contribution is 0.660. The van der Waals surface area contributed by atoms with E-state index in [0.29, 0.717) is 0 Å². The number of rotatable bonds is 9. The molecule has 6 nitrogen and oxygen atoms in total. The fraction of sp³-hybridized carbons (Fsp3) is 0.0213. The van der Waals surface area contributed by atoms with Gasteiger partial charge in [-0.05, 0) is 248 Å². The van der Waals surface area contributed by atoms with Crippen molar-refractivity contribution in [2.45, 2.75) is 19.3 Å². The van der Waals surface area contributed by atoms with Gasteiger partial charge in [-0.2, -0.15) is 0 Å². The number of anilines is 3. The van der Waals surface area contributed by atoms with Crippen LogP contribution in [0.3, 0.4) is 0 Å². The van der Waals surface area contributed by atoms with Crippen LogP contribution in [0.2, 0.25) is 0 Å². The molecule has 32 rings (SSSR count). The highest BCUT2D eigenvalue weighted by Crippen LogP contribution is 2.54. The molecule has 686 valence electrons. The van der Waals surface area contributed by atoms with Crippen molar-refractivity contribution in [3.8, 4) is 50.7 Å². The number of para-hydroxylation sites is 4. The Bertz CT molecular complexity index is 10800. The molecular formula is C141H92N6. The summed E-state index contributed by atoms with van der Waals surface area (Å²) in [4.78, 5) is 2.42. The molecule has 5 heterocycles. The summed E-state index contributed by atoms with van der Waals surface area (Å²) < 4.78 is 12.3. The molecule has 5 aromatic heterocycles. The molecular weight excluding hydrogens is 1780 g/mol. The van der Waals surface area contributed by atoms with Crippen LogP contribution in [0.15, 0.2) is 522 Å². The third-order valence-corrected chi connectivity index (χ3v) is 31.9. The van der Waals surface area contributed by atoms with E-state index in [0.717, 1.165) is 45.5 Å². The van der Waals surface area contributed by atoms with Gasteiger partial charge in [0.15, 0.2) is 0 Å². The molecule has 6 heteroatoms. The summed E-state index contributed by atoms with van der Waals surface area (Å²) in [6, 6.07) is 191. The maximum absolute atomic E-state index is 2.50. The zero-order valence-electron chi connectivity index (χ0n) is 80.8. The molecule has 0 spiro atoms. The van der Waals surface area contributed by atoms with Crippen molar-refractivity contribution in [1.82, 2.24) is 22.8 Å². The van der Waals surface area contributed by atoms with Gasteiger partial charge in [-0.3, -0.25) is 0 Å². The predicted molar refractivity (Wildman–Crippen MR) is 626 cm³/mol. The number of benzene rings is 26. The molecule has 0 aliphatic heterocycles. The van der Waals surface area contributed by atoms with Crippen LogP contribution in [0, 0.1) is 0 Å². The average molecular weight is 1870 g/mol. The standard InChI is InChI=1S/C57H40N2.2C42H26N2/c1-57(2)51-23-13-12-20-47(51)48-34-33-43(36-52(48)57)58(40-27-24-38(25-28-40)37-14-4-3-5-15-37)41-29-31-42(32-30-41)59-53-35-26-39-16-6-7-17-44(39)54(53)55-49-21-10-8-18-45(49)46-19-9-11-22-50(46)56(55)59;1-2-15-30-27(12-1)24-25-39-40(30)41-35-20-5-3-16-31(35)32-17-4-6-21-36(32)42(41)44(39)29-14-11-13-28(26-29)43-37-22-9-7-18-33(37)34-19-8-10-23-38(34)43;1-2-12-30-27(11-1)21-26-39-40(30)41-35-17-5-3-13-31(35)32-14-4-6-18-36(32)42(41)44(39)29-24-22-28(23-25-29)43-37-19-9-7-15-33(37)34-16-8-10-20-38(34)43/h3-36H,1-2H3;2*1-26H. The number of hydrogen-bond acceptors (Lipinski definition) is 1. The van der Waals surface area contributed by atoms with Crippen molar-refractivity contribution in [3.63, 3.8) is 0 Å². The molecule has 0 bridgehead atoms. The second-order valence-corrected chi connectivity index (χ2v) is 39.9. The van der Waals surface area contributed by atoms with Crippen LogP contribution in [0.1, 0.15) is 25.0 Å². The summed E-state index contributed by atoms with van der Waals surface area (Å²) in [7, 11) is 0. The van der Waals surface area contributed by atoms with Crippen molar-refractivity contribution in [2.24, 2.45) is 0 Å². The monoisotopic (exact) mass is 1870 g/mol. The largest absolute Gasteiger partial charge is 0.310 e. The summed E-state index contributed by atoms with van der Waals surface area (Å²) in [5, 5.41) is 35.9. The van der Waals surface area contributed by atoms with E-state index >= 15 is 0 Å². The van der Waals surface area contributed by atoms with E-state index in [4.69, 9.17) is 0 Å². The Morgan fingerprint density at radius 1 is 0.156 bits per heavy atom. The first-order valence-electron chi connectivity index (χ1n) is 51.0. The van der Waals surface area contributed by atoms with Crippen molar-refractivity contribution in [2.75, 3.05) is 4.90 Å². The molecule has 1 aliphatic rings. The first-order valence-corrected chi connectivity index (χ1v) is 51.0. The minimum atomic E-state index is -0.109. The van der Waals surface area contributed by atoms with E-state index in [-0.39, 0.29) is 5.41 Å². The molecule has 0 saturated heterocycles. The highest BCUT2D eigenvalue weighted by atomic mass is 15.1. The Balaban J connectivity index is 0.000000104. The van der Waals surface area contributed by atoms with Crippen molar-refractivity contribution >= 4 is 223 Å². The molecule has 31 aromatic rings. The molecule has 0 N–H and O–H groups in total. The number of aromatic nitrogens is 5. The minimum absolute atomic E-state index is 0.109. The van der Waals surface area contributed by atoms with Crippen LogP contribution in [-0.2, 0) is 5.41 Å². The zero-order valence-corrected chi connectivity index (χ0v) is 80.8. The molecule has 0 radical (unpaired) electrons. The fourth-order valence-electron chi connectivity index (χ4n) is 25.5. The number of nitrogens with zero attached hydrogens (tertiary/aromatic N) is 6. The van der Waals surface area contributed by atoms with Gasteiger partial charge >= 0.3 is 0 Å². The molecule has 0 amide bonds. The van der Waals surface area contributed by atoms with E-state index in [9.17, 15) is 0 Å². The summed E-state index contributed by atoms with van der Waals surface area (Å²) in [6.45, 7) is 4.72. The van der Waals surface area contributed by atoms with E-state index in [1.54, 1.807) is 0 Å². The van der Waals surface area contributed by atoms with Crippen molar-refractivity contribution in [1.29, 1.82) is 0 Å². The Kier molecular flexibility index (Phi) is 18.8. The molecule has 1 aliphatic carbocycles. The van der Waals surface area contributed by atoms with E-state index < -0.39 is 0 Å². The number of fused-ring (bicyclic) bond motifs is 39. The Hall–Kier alpha value is -19.1. The lowest BCUT2D eigenvalue weighted by atomic mass is 9.82. The van der Waals surface area contributed by atoms with Gasteiger partial charge in [-0.25, -0.2) is 0 Å². The van der Waals surface area contributed by atoms with Crippen LogP contribution in [0.4, 0.5) is 17.1 Å². The van der Waals surface area contributed by atoms with Crippen molar-refractivity contribution in [3.05, 3.63) is 533 Å². The Morgan fingerprint density at radius 3 is 0.844 bits per heavy atom. The normalized spacial score (nSPS) is 12.5. The highest BCUT2D eigenvalue weighted by Gasteiger charge is 2.37. The fourth-order valence-corrected chi connectivity index (χ4v) is 25.5. The summed E-state index contributed by atoms with van der Waals surface area (Å²) in [5.74, 6) is 0. The maximum atomic E-state index is 2.50. The molecule has 0 unspecified atom stereocenters. The first-order chi connectivity index (χ1) is 72.8. The van der Waals surface area contributed by atoms with E-state index in [1.165, 1.54) is 239 Å². The van der Waals surface area contributed by atoms with Gasteiger partial charge in [0, 0.05) is 121 Å². The zero-order chi connectivity index (χ0) is 96.8. The highest BCUT2D eigenvalue weighted by molar-refractivity contribution is 6.39. The summed E-state index contributed by atoms with van der Waals surface area (Å²) >= 11 is 0. The van der Waals surface area contributed by atoms with Gasteiger partial charge in [0.25, 0.3) is 0 Å². The Morgan fingerprint density at radius 2 is 0.435 bits per heavy atom. The molecule has 0 atom stereocenters. The van der Waals surface area contributed by atoms with Crippen LogP contribution in [0.5, 0.6) is 0 Å². The number of hydrogen-bond donors (Lipinski definition) is 0. The van der Waals surface area contributed by atoms with E-state index in [1.807, 2.05) is 0 Å². The average Bonchev–Trinajstić information content (AvgIpc) is 1.55. The topological polar surface area (TPSA) is 27.9 Å². The summed E-state index contributed by atoms with van der Waals surface area (Å²) in [6.07, 6.45) is 0. The third-order valence-electron chi connectivity index (χ3n) is 31.9. The van der Waals surface area contributed by atoms with Gasteiger partial charge in [0.2, 0.25) is 0 Å². The molecule has 0 fully saturated rings. The predicted octanol–water partition coefficient (Wildman–Crippen LogP) is 38.4.